The Kier molecular flexibility index (Phi) is 4.40. The van der Waals surface area contributed by atoms with Gasteiger partial charge in [0, 0.05) is 18.5 Å². The minimum absolute atomic E-state index is 0.241. The Balaban J connectivity index is 2.42. The zero-order valence-electron chi connectivity index (χ0n) is 12.9. The van der Waals surface area contributed by atoms with E-state index >= 15 is 0 Å². The number of aromatic carboxylic acids is 1. The van der Waals surface area contributed by atoms with Crippen molar-refractivity contribution in [2.24, 2.45) is 5.92 Å². The molecule has 2 aromatic rings. The molecule has 21 heavy (non-hydrogen) atoms. The van der Waals surface area contributed by atoms with Gasteiger partial charge in [0.2, 0.25) is 0 Å². The smallest absolute Gasteiger partial charge is 0.335 e. The van der Waals surface area contributed by atoms with Crippen molar-refractivity contribution in [2.75, 3.05) is 11.9 Å². The minimum Gasteiger partial charge on any atom is -0.478 e. The molecular formula is C16H21N3O2. The molecule has 0 aliphatic heterocycles. The normalized spacial score (nSPS) is 12.6. The summed E-state index contributed by atoms with van der Waals surface area (Å²) in [6.45, 7) is 6.56. The van der Waals surface area contributed by atoms with Gasteiger partial charge in [-0.2, -0.15) is 0 Å². The molecular weight excluding hydrogens is 266 g/mol. The first-order valence-electron chi connectivity index (χ1n) is 7.11. The fourth-order valence-electron chi connectivity index (χ4n) is 2.51. The van der Waals surface area contributed by atoms with Gasteiger partial charge in [0.05, 0.1) is 11.1 Å². The fourth-order valence-corrected chi connectivity index (χ4v) is 2.51. The molecule has 0 fully saturated rings. The van der Waals surface area contributed by atoms with Crippen molar-refractivity contribution >= 4 is 22.7 Å². The highest BCUT2D eigenvalue weighted by Gasteiger charge is 2.16. The van der Waals surface area contributed by atoms with Crippen LogP contribution in [-0.2, 0) is 0 Å². The molecule has 5 heteroatoms. The number of benzene rings is 1. The zero-order valence-corrected chi connectivity index (χ0v) is 12.9. The lowest BCUT2D eigenvalue weighted by Gasteiger charge is -2.28. The quantitative estimate of drug-likeness (QED) is 0.914. The number of aromatic nitrogens is 2. The number of rotatable bonds is 5. The van der Waals surface area contributed by atoms with Crippen LogP contribution in [0, 0.1) is 5.92 Å². The highest BCUT2D eigenvalue weighted by molar-refractivity contribution is 5.96. The zero-order chi connectivity index (χ0) is 15.6. The van der Waals surface area contributed by atoms with Crippen LogP contribution in [0.2, 0.25) is 0 Å². The predicted octanol–water partition coefficient (Wildman–Crippen LogP) is 3.20. The second-order valence-electron chi connectivity index (χ2n) is 5.82. The van der Waals surface area contributed by atoms with E-state index in [-0.39, 0.29) is 5.56 Å². The highest BCUT2D eigenvalue weighted by Crippen LogP contribution is 2.25. The highest BCUT2D eigenvalue weighted by atomic mass is 16.4. The number of carboxylic acid groups (broad SMARTS) is 1. The number of anilines is 1. The predicted molar refractivity (Wildman–Crippen MR) is 83.8 cm³/mol. The number of hydrogen-bond acceptors (Lipinski definition) is 4. The molecule has 1 aromatic carbocycles. The number of carboxylic acids is 1. The summed E-state index contributed by atoms with van der Waals surface area (Å²) in [5, 5.41) is 9.93. The molecule has 0 aliphatic carbocycles. The van der Waals surface area contributed by atoms with Crippen molar-refractivity contribution in [3.8, 4) is 0 Å². The third-order valence-electron chi connectivity index (χ3n) is 3.67. The van der Waals surface area contributed by atoms with Gasteiger partial charge in [-0.05, 0) is 37.5 Å². The number of fused-ring (bicyclic) bond motifs is 1. The summed E-state index contributed by atoms with van der Waals surface area (Å²) in [6, 6.07) is 5.32. The molecule has 0 saturated carbocycles. The van der Waals surface area contributed by atoms with Crippen LogP contribution in [0.25, 0.3) is 10.9 Å². The SMILES string of the molecule is CC(C)CC(C)N(C)c1ncnc2cc(C(=O)O)ccc12. The van der Waals surface area contributed by atoms with Crippen molar-refractivity contribution in [3.63, 3.8) is 0 Å². The van der Waals surface area contributed by atoms with E-state index in [4.69, 9.17) is 5.11 Å². The van der Waals surface area contributed by atoms with E-state index in [1.54, 1.807) is 18.2 Å². The molecule has 1 heterocycles. The van der Waals surface area contributed by atoms with Crippen molar-refractivity contribution in [1.82, 2.24) is 9.97 Å². The maximum Gasteiger partial charge on any atom is 0.335 e. The minimum atomic E-state index is -0.946. The van der Waals surface area contributed by atoms with Crippen LogP contribution in [0.1, 0.15) is 37.6 Å². The maximum absolute atomic E-state index is 11.0. The molecule has 0 bridgehead atoms. The molecule has 1 N–H and O–H groups in total. The molecule has 0 saturated heterocycles. The first kappa shape index (κ1) is 15.2. The van der Waals surface area contributed by atoms with Gasteiger partial charge in [0.25, 0.3) is 0 Å². The van der Waals surface area contributed by atoms with E-state index < -0.39 is 5.97 Å². The van der Waals surface area contributed by atoms with Crippen LogP contribution in [-0.4, -0.2) is 34.1 Å². The summed E-state index contributed by atoms with van der Waals surface area (Å²) >= 11 is 0. The molecule has 0 spiro atoms. The van der Waals surface area contributed by atoms with Gasteiger partial charge in [-0.15, -0.1) is 0 Å². The average molecular weight is 287 g/mol. The van der Waals surface area contributed by atoms with E-state index in [0.29, 0.717) is 17.5 Å². The van der Waals surface area contributed by atoms with Gasteiger partial charge in [-0.3, -0.25) is 0 Å². The van der Waals surface area contributed by atoms with Gasteiger partial charge in [-0.1, -0.05) is 13.8 Å². The third kappa shape index (κ3) is 3.29. The van der Waals surface area contributed by atoms with Crippen LogP contribution < -0.4 is 4.90 Å². The van der Waals surface area contributed by atoms with Crippen LogP contribution in [0.15, 0.2) is 24.5 Å². The molecule has 1 unspecified atom stereocenters. The van der Waals surface area contributed by atoms with Crippen molar-refractivity contribution in [1.29, 1.82) is 0 Å². The summed E-state index contributed by atoms with van der Waals surface area (Å²) in [5.41, 5.74) is 0.897. The number of hydrogen-bond donors (Lipinski definition) is 1. The number of nitrogens with zero attached hydrogens (tertiary/aromatic N) is 3. The summed E-state index contributed by atoms with van der Waals surface area (Å²) in [6.07, 6.45) is 2.55. The van der Waals surface area contributed by atoms with E-state index in [0.717, 1.165) is 17.6 Å². The van der Waals surface area contributed by atoms with Gasteiger partial charge in [0.15, 0.2) is 0 Å². The second-order valence-corrected chi connectivity index (χ2v) is 5.82. The second kappa shape index (κ2) is 6.08. The maximum atomic E-state index is 11.0. The van der Waals surface area contributed by atoms with Crippen molar-refractivity contribution in [2.45, 2.75) is 33.2 Å². The Hall–Kier alpha value is -2.17. The van der Waals surface area contributed by atoms with Gasteiger partial charge in [0.1, 0.15) is 12.1 Å². The molecule has 0 amide bonds. The largest absolute Gasteiger partial charge is 0.478 e. The average Bonchev–Trinajstić information content (AvgIpc) is 2.44. The topological polar surface area (TPSA) is 66.3 Å². The van der Waals surface area contributed by atoms with Crippen LogP contribution in [0.3, 0.4) is 0 Å². The van der Waals surface area contributed by atoms with Gasteiger partial charge in [-0.25, -0.2) is 14.8 Å². The van der Waals surface area contributed by atoms with E-state index in [1.165, 1.54) is 6.33 Å². The fraction of sp³-hybridized carbons (Fsp3) is 0.438. The molecule has 0 aliphatic rings. The Morgan fingerprint density at radius 2 is 2.00 bits per heavy atom. The van der Waals surface area contributed by atoms with Gasteiger partial charge >= 0.3 is 5.97 Å². The van der Waals surface area contributed by atoms with E-state index in [1.807, 2.05) is 7.05 Å². The summed E-state index contributed by atoms with van der Waals surface area (Å²) in [7, 11) is 2.01. The molecule has 5 nitrogen and oxygen atoms in total. The molecule has 112 valence electrons. The third-order valence-corrected chi connectivity index (χ3v) is 3.67. The first-order chi connectivity index (χ1) is 9.90. The summed E-state index contributed by atoms with van der Waals surface area (Å²) in [4.78, 5) is 21.7. The lowest BCUT2D eigenvalue weighted by atomic mass is 10.0. The van der Waals surface area contributed by atoms with Gasteiger partial charge < -0.3 is 10.0 Å². The molecule has 0 radical (unpaired) electrons. The first-order valence-corrected chi connectivity index (χ1v) is 7.11. The van der Waals surface area contributed by atoms with Crippen LogP contribution in [0.5, 0.6) is 0 Å². The lowest BCUT2D eigenvalue weighted by molar-refractivity contribution is 0.0697. The molecule has 2 rings (SSSR count). The molecule has 1 aromatic heterocycles. The monoisotopic (exact) mass is 287 g/mol. The van der Waals surface area contributed by atoms with Crippen LogP contribution in [0.4, 0.5) is 5.82 Å². The van der Waals surface area contributed by atoms with Crippen molar-refractivity contribution in [3.05, 3.63) is 30.1 Å². The Morgan fingerprint density at radius 3 is 2.62 bits per heavy atom. The lowest BCUT2D eigenvalue weighted by Crippen LogP contribution is -2.31. The Morgan fingerprint density at radius 1 is 1.29 bits per heavy atom. The van der Waals surface area contributed by atoms with E-state index in [2.05, 4.69) is 35.6 Å². The van der Waals surface area contributed by atoms with Crippen LogP contribution >= 0.6 is 0 Å². The Labute approximate surface area is 124 Å². The summed E-state index contributed by atoms with van der Waals surface area (Å²) in [5.74, 6) is 0.498. The molecule has 1 atom stereocenters. The standard InChI is InChI=1S/C16H21N3O2/c1-10(2)7-11(3)19(4)15-13-6-5-12(16(20)21)8-14(13)17-9-18-15/h5-6,8-11H,7H2,1-4H3,(H,20,21). The number of carbonyl (C=O) groups is 1. The summed E-state index contributed by atoms with van der Waals surface area (Å²) < 4.78 is 0. The Bertz CT molecular complexity index is 655. The van der Waals surface area contributed by atoms with Crippen molar-refractivity contribution < 1.29 is 9.90 Å². The van der Waals surface area contributed by atoms with E-state index in [9.17, 15) is 4.79 Å².